The van der Waals surface area contributed by atoms with Gasteiger partial charge in [0.15, 0.2) is 0 Å². The van der Waals surface area contributed by atoms with Crippen molar-refractivity contribution >= 4 is 0 Å². The summed E-state index contributed by atoms with van der Waals surface area (Å²) in [6.07, 6.45) is 7.63. The number of allylic oxidation sites excluding steroid dienone is 1. The van der Waals surface area contributed by atoms with Crippen LogP contribution in [0.4, 0.5) is 8.78 Å². The van der Waals surface area contributed by atoms with Gasteiger partial charge in [0.2, 0.25) is 0 Å². The van der Waals surface area contributed by atoms with Crippen LogP contribution in [0.15, 0.2) is 30.4 Å². The van der Waals surface area contributed by atoms with Crippen molar-refractivity contribution in [1.29, 1.82) is 0 Å². The molecule has 1 aliphatic carbocycles. The average Bonchev–Trinajstić information content (AvgIpc) is 2.29. The topological polar surface area (TPSA) is 12.0 Å². The summed E-state index contributed by atoms with van der Waals surface area (Å²) in [6.45, 7) is 0.446. The van der Waals surface area contributed by atoms with Crippen molar-refractivity contribution < 1.29 is 8.78 Å². The first-order valence-electron chi connectivity index (χ1n) is 5.59. The zero-order chi connectivity index (χ0) is 11.4. The minimum Gasteiger partial charge on any atom is -0.306 e. The lowest BCUT2D eigenvalue weighted by atomic mass is 10.0. The van der Waals surface area contributed by atoms with Gasteiger partial charge in [-0.05, 0) is 25.3 Å². The van der Waals surface area contributed by atoms with E-state index in [0.29, 0.717) is 18.2 Å². The maximum Gasteiger partial charge on any atom is 0.130 e. The van der Waals surface area contributed by atoms with Crippen molar-refractivity contribution in [2.45, 2.75) is 31.8 Å². The average molecular weight is 223 g/mol. The minimum atomic E-state index is -0.529. The number of halogens is 2. The van der Waals surface area contributed by atoms with Crippen molar-refractivity contribution in [2.75, 3.05) is 0 Å². The van der Waals surface area contributed by atoms with E-state index in [-0.39, 0.29) is 0 Å². The Balaban J connectivity index is 1.93. The van der Waals surface area contributed by atoms with Gasteiger partial charge in [-0.25, -0.2) is 8.78 Å². The van der Waals surface area contributed by atoms with E-state index in [9.17, 15) is 8.78 Å². The van der Waals surface area contributed by atoms with Crippen LogP contribution in [-0.4, -0.2) is 6.04 Å². The van der Waals surface area contributed by atoms with Crippen LogP contribution in [0.2, 0.25) is 0 Å². The van der Waals surface area contributed by atoms with Gasteiger partial charge in [-0.3, -0.25) is 0 Å². The second kappa shape index (κ2) is 5.21. The highest BCUT2D eigenvalue weighted by molar-refractivity contribution is 5.18. The first-order chi connectivity index (χ1) is 7.75. The van der Waals surface area contributed by atoms with Gasteiger partial charge in [0.1, 0.15) is 11.6 Å². The largest absolute Gasteiger partial charge is 0.306 e. The van der Waals surface area contributed by atoms with E-state index in [1.54, 1.807) is 0 Å². The van der Waals surface area contributed by atoms with Gasteiger partial charge >= 0.3 is 0 Å². The van der Waals surface area contributed by atoms with Crippen molar-refractivity contribution in [3.63, 3.8) is 0 Å². The molecule has 1 unspecified atom stereocenters. The van der Waals surface area contributed by atoms with E-state index in [4.69, 9.17) is 0 Å². The number of hydrogen-bond acceptors (Lipinski definition) is 1. The van der Waals surface area contributed by atoms with Crippen LogP contribution < -0.4 is 5.32 Å². The summed E-state index contributed by atoms with van der Waals surface area (Å²) in [5, 5.41) is 3.25. The summed E-state index contributed by atoms with van der Waals surface area (Å²) in [4.78, 5) is 0. The quantitative estimate of drug-likeness (QED) is 0.776. The van der Waals surface area contributed by atoms with Crippen molar-refractivity contribution in [1.82, 2.24) is 5.32 Å². The third kappa shape index (κ3) is 2.89. The summed E-state index contributed by atoms with van der Waals surface area (Å²) >= 11 is 0. The Bertz CT molecular complexity index is 388. The Morgan fingerprint density at radius 1 is 1.31 bits per heavy atom. The Morgan fingerprint density at radius 3 is 2.88 bits per heavy atom. The fraction of sp³-hybridized carbons (Fsp3) is 0.385. The molecule has 1 aliphatic rings. The lowest BCUT2D eigenvalue weighted by Crippen LogP contribution is -2.28. The molecule has 0 heterocycles. The summed E-state index contributed by atoms with van der Waals surface area (Å²) in [7, 11) is 0. The highest BCUT2D eigenvalue weighted by Crippen LogP contribution is 2.13. The van der Waals surface area contributed by atoms with Crippen LogP contribution in [0, 0.1) is 11.6 Å². The lowest BCUT2D eigenvalue weighted by molar-refractivity contribution is 0.506. The third-order valence-corrected chi connectivity index (χ3v) is 2.82. The molecule has 3 heteroatoms. The monoisotopic (exact) mass is 223 g/mol. The Labute approximate surface area is 94.2 Å². The van der Waals surface area contributed by atoms with E-state index in [1.807, 2.05) is 0 Å². The van der Waals surface area contributed by atoms with Crippen molar-refractivity contribution in [3.05, 3.63) is 47.5 Å². The van der Waals surface area contributed by atoms with Gasteiger partial charge in [0, 0.05) is 24.2 Å². The van der Waals surface area contributed by atoms with Crippen LogP contribution in [0.1, 0.15) is 24.8 Å². The first-order valence-corrected chi connectivity index (χ1v) is 5.59. The van der Waals surface area contributed by atoms with E-state index < -0.39 is 11.6 Å². The predicted molar refractivity (Wildman–Crippen MR) is 60.0 cm³/mol. The molecule has 0 saturated heterocycles. The molecule has 0 saturated carbocycles. The van der Waals surface area contributed by atoms with E-state index in [1.165, 1.54) is 18.6 Å². The minimum absolute atomic E-state index is 0.318. The second-order valence-corrected chi connectivity index (χ2v) is 4.08. The Hall–Kier alpha value is -1.22. The predicted octanol–water partition coefficient (Wildman–Crippen LogP) is 3.16. The maximum absolute atomic E-state index is 13.3. The SMILES string of the molecule is Fc1ccc(CNC2C=CCCC2)c(F)c1. The van der Waals surface area contributed by atoms with Gasteiger partial charge in [-0.15, -0.1) is 0 Å². The fourth-order valence-electron chi connectivity index (χ4n) is 1.89. The summed E-state index contributed by atoms with van der Waals surface area (Å²) < 4.78 is 26.0. The molecule has 0 fully saturated rings. The highest BCUT2D eigenvalue weighted by atomic mass is 19.1. The van der Waals surface area contributed by atoms with Crippen LogP contribution in [0.3, 0.4) is 0 Å². The zero-order valence-corrected chi connectivity index (χ0v) is 9.05. The number of nitrogens with one attached hydrogen (secondary N) is 1. The van der Waals surface area contributed by atoms with Crippen LogP contribution in [0.5, 0.6) is 0 Å². The molecule has 0 aliphatic heterocycles. The second-order valence-electron chi connectivity index (χ2n) is 4.08. The number of rotatable bonds is 3. The van der Waals surface area contributed by atoms with Crippen LogP contribution in [-0.2, 0) is 6.54 Å². The first kappa shape index (κ1) is 11.3. The van der Waals surface area contributed by atoms with Crippen molar-refractivity contribution in [2.24, 2.45) is 0 Å². The summed E-state index contributed by atoms with van der Waals surface area (Å²) in [5.41, 5.74) is 0.514. The molecule has 2 rings (SSSR count). The molecule has 0 amide bonds. The molecule has 1 atom stereocenters. The molecule has 16 heavy (non-hydrogen) atoms. The van der Waals surface area contributed by atoms with Crippen molar-refractivity contribution in [3.8, 4) is 0 Å². The Kier molecular flexibility index (Phi) is 3.67. The molecular weight excluding hydrogens is 208 g/mol. The molecule has 1 N–H and O–H groups in total. The number of benzene rings is 1. The Morgan fingerprint density at radius 2 is 2.19 bits per heavy atom. The maximum atomic E-state index is 13.3. The highest BCUT2D eigenvalue weighted by Gasteiger charge is 2.09. The summed E-state index contributed by atoms with van der Waals surface area (Å²) in [5.74, 6) is -1.01. The zero-order valence-electron chi connectivity index (χ0n) is 9.05. The van der Waals surface area contributed by atoms with E-state index in [0.717, 1.165) is 18.9 Å². The van der Waals surface area contributed by atoms with Gasteiger partial charge < -0.3 is 5.32 Å². The standard InChI is InChI=1S/C13H15F2N/c14-11-7-6-10(13(15)8-11)9-16-12-4-2-1-3-5-12/h2,4,6-8,12,16H,1,3,5,9H2. The smallest absolute Gasteiger partial charge is 0.130 e. The molecule has 1 nitrogen and oxygen atoms in total. The number of hydrogen-bond donors (Lipinski definition) is 1. The molecule has 1 aromatic rings. The van der Waals surface area contributed by atoms with Gasteiger partial charge in [-0.2, -0.15) is 0 Å². The molecular formula is C13H15F2N. The molecule has 86 valence electrons. The summed E-state index contributed by atoms with van der Waals surface area (Å²) in [6, 6.07) is 4.02. The molecule has 0 spiro atoms. The van der Waals surface area contributed by atoms with E-state index >= 15 is 0 Å². The van der Waals surface area contributed by atoms with Gasteiger partial charge in [0.25, 0.3) is 0 Å². The van der Waals surface area contributed by atoms with E-state index in [2.05, 4.69) is 17.5 Å². The van der Waals surface area contributed by atoms with Crippen LogP contribution >= 0.6 is 0 Å². The molecule has 0 aromatic heterocycles. The van der Waals surface area contributed by atoms with Gasteiger partial charge in [-0.1, -0.05) is 18.2 Å². The third-order valence-electron chi connectivity index (χ3n) is 2.82. The van der Waals surface area contributed by atoms with Gasteiger partial charge in [0.05, 0.1) is 0 Å². The normalized spacial score (nSPS) is 20.0. The molecule has 1 aromatic carbocycles. The molecule has 0 bridgehead atoms. The molecule has 0 radical (unpaired) electrons. The lowest BCUT2D eigenvalue weighted by Gasteiger charge is -2.18. The fourth-order valence-corrected chi connectivity index (χ4v) is 1.89. The van der Waals surface area contributed by atoms with Crippen LogP contribution in [0.25, 0.3) is 0 Å².